The normalized spacial score (nSPS) is 16.8. The van der Waals surface area contributed by atoms with E-state index in [0.29, 0.717) is 18.0 Å². The van der Waals surface area contributed by atoms with Crippen molar-refractivity contribution in [2.24, 2.45) is 5.92 Å². The largest absolute Gasteiger partial charge is 0.491 e. The van der Waals surface area contributed by atoms with Crippen LogP contribution in [0.2, 0.25) is 0 Å². The molecule has 1 atom stereocenters. The maximum Gasteiger partial charge on any atom is 0.251 e. The van der Waals surface area contributed by atoms with Gasteiger partial charge in [0.05, 0.1) is 12.7 Å². The monoisotopic (exact) mass is 339 g/mol. The molecule has 1 aliphatic heterocycles. The van der Waals surface area contributed by atoms with E-state index in [1.807, 2.05) is 62.4 Å². The Bertz CT molecular complexity index is 703. The number of carbonyl (C=O) groups is 1. The van der Waals surface area contributed by atoms with Gasteiger partial charge in [-0.25, -0.2) is 0 Å². The summed E-state index contributed by atoms with van der Waals surface area (Å²) in [4.78, 5) is 12.3. The summed E-state index contributed by atoms with van der Waals surface area (Å²) in [6.07, 6.45) is 1.17. The molecule has 132 valence electrons. The minimum atomic E-state index is -0.0321. The molecule has 1 heterocycles. The predicted molar refractivity (Wildman–Crippen MR) is 98.9 cm³/mol. The first-order valence-corrected chi connectivity index (χ1v) is 8.85. The van der Waals surface area contributed by atoms with Crippen LogP contribution < -0.4 is 10.1 Å². The third-order valence-corrected chi connectivity index (χ3v) is 4.26. The van der Waals surface area contributed by atoms with Crippen molar-refractivity contribution in [3.63, 3.8) is 0 Å². The summed E-state index contributed by atoms with van der Waals surface area (Å²) in [5, 5.41) is 2.99. The Kier molecular flexibility index (Phi) is 5.71. The summed E-state index contributed by atoms with van der Waals surface area (Å²) in [5.74, 6) is 1.26. The van der Waals surface area contributed by atoms with Crippen LogP contribution in [-0.4, -0.2) is 31.8 Å². The van der Waals surface area contributed by atoms with E-state index >= 15 is 0 Å². The number of ether oxygens (including phenoxy) is 2. The lowest BCUT2D eigenvalue weighted by molar-refractivity contribution is 0.0945. The van der Waals surface area contributed by atoms with E-state index in [0.717, 1.165) is 36.5 Å². The molecule has 0 aliphatic carbocycles. The van der Waals surface area contributed by atoms with Crippen LogP contribution in [0.1, 0.15) is 30.6 Å². The minimum Gasteiger partial charge on any atom is -0.491 e. The molecule has 2 aromatic rings. The standard InChI is InChI=1S/C21H25NO3/c1-15(2)25-20-5-3-4-19(12-20)17-6-8-18(9-7-17)21(23)22-13-16-10-11-24-14-16/h3-9,12,15-16H,10-11,13-14H2,1-2H3,(H,22,23)/t16-/m0/s1. The maximum absolute atomic E-state index is 12.3. The van der Waals surface area contributed by atoms with Crippen molar-refractivity contribution in [2.75, 3.05) is 19.8 Å². The van der Waals surface area contributed by atoms with Gasteiger partial charge in [0.1, 0.15) is 5.75 Å². The Labute approximate surface area is 149 Å². The number of carbonyl (C=O) groups excluding carboxylic acids is 1. The Morgan fingerprint density at radius 3 is 2.68 bits per heavy atom. The van der Waals surface area contributed by atoms with E-state index < -0.39 is 0 Å². The zero-order valence-electron chi connectivity index (χ0n) is 14.8. The zero-order chi connectivity index (χ0) is 17.6. The van der Waals surface area contributed by atoms with Gasteiger partial charge in [0.2, 0.25) is 0 Å². The highest BCUT2D eigenvalue weighted by atomic mass is 16.5. The molecule has 0 bridgehead atoms. The Morgan fingerprint density at radius 1 is 1.20 bits per heavy atom. The number of hydrogen-bond acceptors (Lipinski definition) is 3. The first-order valence-electron chi connectivity index (χ1n) is 8.85. The van der Waals surface area contributed by atoms with Crippen LogP contribution in [0, 0.1) is 5.92 Å². The Balaban J connectivity index is 1.64. The van der Waals surface area contributed by atoms with Gasteiger partial charge >= 0.3 is 0 Å². The predicted octanol–water partition coefficient (Wildman–Crippen LogP) is 3.91. The van der Waals surface area contributed by atoms with E-state index in [4.69, 9.17) is 9.47 Å². The Morgan fingerprint density at radius 2 is 2.00 bits per heavy atom. The molecule has 0 radical (unpaired) electrons. The molecule has 1 saturated heterocycles. The maximum atomic E-state index is 12.3. The molecule has 25 heavy (non-hydrogen) atoms. The molecule has 1 aliphatic rings. The first-order chi connectivity index (χ1) is 12.1. The van der Waals surface area contributed by atoms with Crippen molar-refractivity contribution in [3.05, 3.63) is 54.1 Å². The van der Waals surface area contributed by atoms with E-state index in [1.54, 1.807) is 0 Å². The van der Waals surface area contributed by atoms with Crippen LogP contribution >= 0.6 is 0 Å². The molecule has 1 fully saturated rings. The molecule has 0 unspecified atom stereocenters. The molecule has 0 spiro atoms. The van der Waals surface area contributed by atoms with Crippen LogP contribution in [0.3, 0.4) is 0 Å². The van der Waals surface area contributed by atoms with E-state index in [1.165, 1.54) is 0 Å². The van der Waals surface area contributed by atoms with E-state index in [9.17, 15) is 4.79 Å². The van der Waals surface area contributed by atoms with Crippen LogP contribution in [0.15, 0.2) is 48.5 Å². The third kappa shape index (κ3) is 4.83. The highest BCUT2D eigenvalue weighted by Gasteiger charge is 2.16. The summed E-state index contributed by atoms with van der Waals surface area (Å²) in [7, 11) is 0. The molecule has 0 saturated carbocycles. The highest BCUT2D eigenvalue weighted by molar-refractivity contribution is 5.94. The lowest BCUT2D eigenvalue weighted by atomic mass is 10.0. The lowest BCUT2D eigenvalue weighted by Crippen LogP contribution is -2.29. The smallest absolute Gasteiger partial charge is 0.251 e. The highest BCUT2D eigenvalue weighted by Crippen LogP contribution is 2.25. The lowest BCUT2D eigenvalue weighted by Gasteiger charge is -2.12. The van der Waals surface area contributed by atoms with Crippen molar-refractivity contribution >= 4 is 5.91 Å². The summed E-state index contributed by atoms with van der Waals surface area (Å²) in [5.41, 5.74) is 2.82. The van der Waals surface area contributed by atoms with Crippen molar-refractivity contribution in [3.8, 4) is 16.9 Å². The fourth-order valence-electron chi connectivity index (χ4n) is 2.92. The van der Waals surface area contributed by atoms with Gasteiger partial charge in [-0.1, -0.05) is 24.3 Å². The van der Waals surface area contributed by atoms with Gasteiger partial charge in [-0.2, -0.15) is 0 Å². The van der Waals surface area contributed by atoms with Crippen molar-refractivity contribution in [2.45, 2.75) is 26.4 Å². The fraction of sp³-hybridized carbons (Fsp3) is 0.381. The van der Waals surface area contributed by atoms with Crippen LogP contribution in [0.4, 0.5) is 0 Å². The second-order valence-corrected chi connectivity index (χ2v) is 6.71. The van der Waals surface area contributed by atoms with Gasteiger partial charge in [0.15, 0.2) is 0 Å². The summed E-state index contributed by atoms with van der Waals surface area (Å²) in [6.45, 7) is 6.24. The topological polar surface area (TPSA) is 47.6 Å². The van der Waals surface area contributed by atoms with E-state index in [2.05, 4.69) is 5.32 Å². The van der Waals surface area contributed by atoms with E-state index in [-0.39, 0.29) is 12.0 Å². The summed E-state index contributed by atoms with van der Waals surface area (Å²) < 4.78 is 11.1. The second-order valence-electron chi connectivity index (χ2n) is 6.71. The van der Waals surface area contributed by atoms with Crippen LogP contribution in [0.5, 0.6) is 5.75 Å². The van der Waals surface area contributed by atoms with Gasteiger partial charge in [0.25, 0.3) is 5.91 Å². The zero-order valence-corrected chi connectivity index (χ0v) is 14.8. The fourth-order valence-corrected chi connectivity index (χ4v) is 2.92. The summed E-state index contributed by atoms with van der Waals surface area (Å²) >= 11 is 0. The number of hydrogen-bond donors (Lipinski definition) is 1. The first kappa shape index (κ1) is 17.5. The number of benzene rings is 2. The van der Waals surface area contributed by atoms with Crippen molar-refractivity contribution in [1.82, 2.24) is 5.32 Å². The number of amides is 1. The average molecular weight is 339 g/mol. The average Bonchev–Trinajstić information content (AvgIpc) is 3.13. The van der Waals surface area contributed by atoms with Crippen molar-refractivity contribution < 1.29 is 14.3 Å². The Hall–Kier alpha value is -2.33. The molecule has 2 aromatic carbocycles. The molecular formula is C21H25NO3. The molecule has 0 aromatic heterocycles. The quantitative estimate of drug-likeness (QED) is 0.868. The minimum absolute atomic E-state index is 0.0321. The molecule has 1 amide bonds. The molecule has 4 heteroatoms. The van der Waals surface area contributed by atoms with Gasteiger partial charge in [-0.3, -0.25) is 4.79 Å². The van der Waals surface area contributed by atoms with Crippen LogP contribution in [-0.2, 0) is 4.74 Å². The summed E-state index contributed by atoms with van der Waals surface area (Å²) in [6, 6.07) is 15.7. The third-order valence-electron chi connectivity index (χ3n) is 4.26. The van der Waals surface area contributed by atoms with Gasteiger partial charge in [-0.15, -0.1) is 0 Å². The molecule has 1 N–H and O–H groups in total. The van der Waals surface area contributed by atoms with Gasteiger partial charge < -0.3 is 14.8 Å². The molecule has 3 rings (SSSR count). The number of rotatable bonds is 6. The molecular weight excluding hydrogens is 314 g/mol. The van der Waals surface area contributed by atoms with Gasteiger partial charge in [-0.05, 0) is 55.7 Å². The number of nitrogens with one attached hydrogen (secondary N) is 1. The van der Waals surface area contributed by atoms with Crippen LogP contribution in [0.25, 0.3) is 11.1 Å². The SMILES string of the molecule is CC(C)Oc1cccc(-c2ccc(C(=O)NC[C@@H]3CCOC3)cc2)c1. The van der Waals surface area contributed by atoms with Gasteiger partial charge in [0, 0.05) is 24.6 Å². The van der Waals surface area contributed by atoms with Crippen molar-refractivity contribution in [1.29, 1.82) is 0 Å². The molecule has 4 nitrogen and oxygen atoms in total. The second kappa shape index (κ2) is 8.17.